The quantitative estimate of drug-likeness (QED) is 0.336. The summed E-state index contributed by atoms with van der Waals surface area (Å²) < 4.78 is 0. The lowest BCUT2D eigenvalue weighted by Gasteiger charge is -2.09. The van der Waals surface area contributed by atoms with Crippen LogP contribution in [0.1, 0.15) is 5.56 Å². The summed E-state index contributed by atoms with van der Waals surface area (Å²) in [6.45, 7) is 2.04. The Morgan fingerprint density at radius 3 is 2.37 bits per heavy atom. The number of fused-ring (bicyclic) bond motifs is 4. The molecule has 27 heavy (non-hydrogen) atoms. The zero-order valence-electron chi connectivity index (χ0n) is 14.8. The third-order valence-electron chi connectivity index (χ3n) is 4.87. The molecule has 0 saturated heterocycles. The maximum atomic E-state index is 12.9. The van der Waals surface area contributed by atoms with Crippen LogP contribution >= 0.6 is 0 Å². The summed E-state index contributed by atoms with van der Waals surface area (Å²) in [5, 5.41) is 8.02. The van der Waals surface area contributed by atoms with Crippen molar-refractivity contribution in [2.45, 2.75) is 6.92 Å². The van der Waals surface area contributed by atoms with Crippen molar-refractivity contribution >= 4 is 44.1 Å². The van der Waals surface area contributed by atoms with E-state index in [0.717, 1.165) is 27.2 Å². The highest BCUT2D eigenvalue weighted by Crippen LogP contribution is 2.27. The van der Waals surface area contributed by atoms with Crippen LogP contribution in [0, 0.1) is 6.92 Å². The fourth-order valence-electron chi connectivity index (χ4n) is 3.49. The Labute approximate surface area is 155 Å². The van der Waals surface area contributed by atoms with Gasteiger partial charge in [-0.25, -0.2) is 4.98 Å². The number of aromatic nitrogens is 2. The maximum absolute atomic E-state index is 12.9. The Balaban J connectivity index is 1.70. The van der Waals surface area contributed by atoms with Crippen molar-refractivity contribution < 1.29 is 0 Å². The highest BCUT2D eigenvalue weighted by Gasteiger charge is 2.09. The van der Waals surface area contributed by atoms with Gasteiger partial charge in [-0.3, -0.25) is 9.78 Å². The summed E-state index contributed by atoms with van der Waals surface area (Å²) in [7, 11) is 0. The summed E-state index contributed by atoms with van der Waals surface area (Å²) in [5.41, 5.74) is 2.60. The molecule has 2 N–H and O–H groups in total. The smallest absolute Gasteiger partial charge is 0.260 e. The third kappa shape index (κ3) is 2.72. The van der Waals surface area contributed by atoms with Gasteiger partial charge in [-0.1, -0.05) is 48.0 Å². The normalized spacial score (nSPS) is 11.3. The van der Waals surface area contributed by atoms with Crippen molar-refractivity contribution in [2.75, 3.05) is 5.32 Å². The number of nitrogens with one attached hydrogen (secondary N) is 2. The number of aromatic amines is 1. The molecule has 5 rings (SSSR count). The molecule has 0 saturated carbocycles. The molecule has 4 nitrogen and oxygen atoms in total. The van der Waals surface area contributed by atoms with Gasteiger partial charge in [0, 0.05) is 5.69 Å². The molecule has 0 radical (unpaired) electrons. The fourth-order valence-corrected chi connectivity index (χ4v) is 3.49. The van der Waals surface area contributed by atoms with Crippen LogP contribution in [-0.2, 0) is 0 Å². The molecule has 4 heteroatoms. The summed E-state index contributed by atoms with van der Waals surface area (Å²) in [5.74, 6) is 0.441. The summed E-state index contributed by atoms with van der Waals surface area (Å²) >= 11 is 0. The van der Waals surface area contributed by atoms with E-state index in [1.807, 2.05) is 55.5 Å². The second-order valence-electron chi connectivity index (χ2n) is 6.79. The molecule has 0 unspecified atom stereocenters. The van der Waals surface area contributed by atoms with Gasteiger partial charge in [0.25, 0.3) is 5.56 Å². The van der Waals surface area contributed by atoms with E-state index in [-0.39, 0.29) is 5.56 Å². The third-order valence-corrected chi connectivity index (χ3v) is 4.87. The summed E-state index contributed by atoms with van der Waals surface area (Å²) in [6, 6.07) is 24.2. The van der Waals surface area contributed by atoms with Gasteiger partial charge in [0.1, 0.15) is 0 Å². The monoisotopic (exact) mass is 351 g/mol. The maximum Gasteiger partial charge on any atom is 0.260 e. The van der Waals surface area contributed by atoms with Crippen LogP contribution in [0.2, 0.25) is 0 Å². The first-order valence-electron chi connectivity index (χ1n) is 8.87. The molecule has 1 heterocycles. The van der Waals surface area contributed by atoms with Crippen LogP contribution < -0.4 is 10.9 Å². The SMILES string of the molecule is Cc1ccc(Nc2nc3ccc4cc5ccccc5cc4c3c(=O)[nH]2)cc1. The van der Waals surface area contributed by atoms with E-state index in [1.54, 1.807) is 0 Å². The Bertz CT molecular complexity index is 1370. The van der Waals surface area contributed by atoms with Crippen LogP contribution in [0.5, 0.6) is 0 Å². The molecule has 0 spiro atoms. The Morgan fingerprint density at radius 1 is 0.852 bits per heavy atom. The number of rotatable bonds is 2. The lowest BCUT2D eigenvalue weighted by atomic mass is 10.0. The lowest BCUT2D eigenvalue weighted by molar-refractivity contribution is 1.17. The van der Waals surface area contributed by atoms with Gasteiger partial charge in [0.2, 0.25) is 5.95 Å². The first kappa shape index (κ1) is 15.6. The molecular weight excluding hydrogens is 334 g/mol. The molecule has 0 amide bonds. The molecule has 5 aromatic rings. The number of hydrogen-bond acceptors (Lipinski definition) is 3. The largest absolute Gasteiger partial charge is 0.326 e. The van der Waals surface area contributed by atoms with Crippen LogP contribution in [-0.4, -0.2) is 9.97 Å². The zero-order chi connectivity index (χ0) is 18.4. The minimum Gasteiger partial charge on any atom is -0.326 e. The van der Waals surface area contributed by atoms with Gasteiger partial charge >= 0.3 is 0 Å². The number of hydrogen-bond donors (Lipinski definition) is 2. The lowest BCUT2D eigenvalue weighted by Crippen LogP contribution is -2.11. The van der Waals surface area contributed by atoms with E-state index < -0.39 is 0 Å². The van der Waals surface area contributed by atoms with Crippen LogP contribution in [0.25, 0.3) is 32.4 Å². The first-order chi connectivity index (χ1) is 13.2. The Hall–Kier alpha value is -3.66. The molecule has 0 fully saturated rings. The van der Waals surface area contributed by atoms with Gasteiger partial charge in [0.05, 0.1) is 10.9 Å². The van der Waals surface area contributed by atoms with Gasteiger partial charge in [-0.2, -0.15) is 0 Å². The highest BCUT2D eigenvalue weighted by molar-refractivity contribution is 6.11. The Morgan fingerprint density at radius 2 is 1.59 bits per heavy atom. The number of anilines is 2. The molecule has 0 bridgehead atoms. The average Bonchev–Trinajstić information content (AvgIpc) is 2.68. The minimum atomic E-state index is -0.143. The Kier molecular flexibility index (Phi) is 3.44. The van der Waals surface area contributed by atoms with Crippen LogP contribution in [0.4, 0.5) is 11.6 Å². The van der Waals surface area contributed by atoms with Gasteiger partial charge in [-0.15, -0.1) is 0 Å². The molecule has 1 aromatic heterocycles. The summed E-state index contributed by atoms with van der Waals surface area (Å²) in [4.78, 5) is 20.4. The van der Waals surface area contributed by atoms with Crippen molar-refractivity contribution in [2.24, 2.45) is 0 Å². The van der Waals surface area contributed by atoms with Gasteiger partial charge in [-0.05, 0) is 58.8 Å². The van der Waals surface area contributed by atoms with Crippen molar-refractivity contribution in [1.29, 1.82) is 0 Å². The van der Waals surface area contributed by atoms with Crippen molar-refractivity contribution in [3.8, 4) is 0 Å². The summed E-state index contributed by atoms with van der Waals surface area (Å²) in [6.07, 6.45) is 0. The minimum absolute atomic E-state index is 0.143. The predicted molar refractivity (Wildman–Crippen MR) is 112 cm³/mol. The fraction of sp³-hybridized carbons (Fsp3) is 0.0435. The standard InChI is InChI=1S/C23H17N3O/c1-14-6-9-18(10-7-14)24-23-25-20-11-8-17-12-15-4-2-3-5-16(15)13-19(17)21(20)22(27)26-23/h2-13H,1H3,(H2,24,25,26,27). The molecule has 4 aromatic carbocycles. The topological polar surface area (TPSA) is 57.8 Å². The average molecular weight is 351 g/mol. The number of benzene rings is 4. The highest BCUT2D eigenvalue weighted by atomic mass is 16.1. The molecule has 0 atom stereocenters. The van der Waals surface area contributed by atoms with Crippen LogP contribution in [0.15, 0.2) is 77.6 Å². The van der Waals surface area contributed by atoms with Gasteiger partial charge in [0.15, 0.2) is 0 Å². The van der Waals surface area contributed by atoms with Crippen LogP contribution in [0.3, 0.4) is 0 Å². The van der Waals surface area contributed by atoms with E-state index in [1.165, 1.54) is 5.56 Å². The molecule has 0 aliphatic carbocycles. The second-order valence-corrected chi connectivity index (χ2v) is 6.79. The first-order valence-corrected chi connectivity index (χ1v) is 8.87. The second kappa shape index (κ2) is 5.95. The zero-order valence-corrected chi connectivity index (χ0v) is 14.8. The molecular formula is C23H17N3O. The number of nitrogens with zero attached hydrogens (tertiary/aromatic N) is 1. The van der Waals surface area contributed by atoms with E-state index in [4.69, 9.17) is 0 Å². The van der Waals surface area contributed by atoms with Crippen molar-refractivity contribution in [3.63, 3.8) is 0 Å². The molecule has 0 aliphatic heterocycles. The van der Waals surface area contributed by atoms with Crippen molar-refractivity contribution in [1.82, 2.24) is 9.97 Å². The molecule has 130 valence electrons. The molecule has 0 aliphatic rings. The number of aryl methyl sites for hydroxylation is 1. The van der Waals surface area contributed by atoms with E-state index in [9.17, 15) is 4.79 Å². The van der Waals surface area contributed by atoms with Crippen molar-refractivity contribution in [3.05, 3.63) is 88.7 Å². The van der Waals surface area contributed by atoms with E-state index in [2.05, 4.69) is 39.6 Å². The predicted octanol–water partition coefficient (Wildman–Crippen LogP) is 5.28. The number of H-pyrrole nitrogens is 1. The van der Waals surface area contributed by atoms with E-state index >= 15 is 0 Å². The van der Waals surface area contributed by atoms with E-state index in [0.29, 0.717) is 16.9 Å². The van der Waals surface area contributed by atoms with Gasteiger partial charge < -0.3 is 5.32 Å².